The van der Waals surface area contributed by atoms with Gasteiger partial charge in [-0.15, -0.1) is 0 Å². The Balaban J connectivity index is 1.41. The lowest BCUT2D eigenvalue weighted by molar-refractivity contribution is -0.384. The Morgan fingerprint density at radius 2 is 1.90 bits per heavy atom. The summed E-state index contributed by atoms with van der Waals surface area (Å²) in [4.78, 5) is 29.5. The van der Waals surface area contributed by atoms with Gasteiger partial charge >= 0.3 is 0 Å². The van der Waals surface area contributed by atoms with Crippen LogP contribution in [0.2, 0.25) is 0 Å². The normalized spacial score (nSPS) is 15.0. The molecule has 0 aliphatic carbocycles. The third-order valence-corrected chi connectivity index (χ3v) is 5.90. The first-order chi connectivity index (χ1) is 13.9. The number of benzene rings is 2. The predicted molar refractivity (Wildman–Crippen MR) is 111 cm³/mol. The highest BCUT2D eigenvalue weighted by Crippen LogP contribution is 2.25. The molecule has 1 saturated heterocycles. The van der Waals surface area contributed by atoms with Crippen LogP contribution in [-0.2, 0) is 6.54 Å². The Morgan fingerprint density at radius 1 is 1.17 bits per heavy atom. The number of nitro groups is 1. The summed E-state index contributed by atoms with van der Waals surface area (Å²) in [6.45, 7) is 6.43. The van der Waals surface area contributed by atoms with E-state index in [9.17, 15) is 14.9 Å². The second-order valence-corrected chi connectivity index (χ2v) is 7.87. The second-order valence-electron chi connectivity index (χ2n) is 7.87. The molecule has 7 nitrogen and oxygen atoms in total. The Labute approximate surface area is 169 Å². The molecular formula is C22H24N4O3. The second kappa shape index (κ2) is 7.66. The van der Waals surface area contributed by atoms with Crippen molar-refractivity contribution in [2.45, 2.75) is 33.2 Å². The highest BCUT2D eigenvalue weighted by atomic mass is 16.6. The number of hydrogen-bond acceptors (Lipinski definition) is 4. The highest BCUT2D eigenvalue weighted by Gasteiger charge is 2.25. The topological polar surface area (TPSA) is 81.3 Å². The number of imidazole rings is 1. The van der Waals surface area contributed by atoms with Crippen LogP contribution in [-0.4, -0.2) is 38.4 Å². The Kier molecular flexibility index (Phi) is 5.05. The van der Waals surface area contributed by atoms with Crippen molar-refractivity contribution in [1.29, 1.82) is 0 Å². The number of amides is 1. The standard InChI is InChI=1S/C22H24N4O3/c1-15-10-20-21(11-16(15)2)25(14-23-20)13-17-6-8-24(9-7-17)22(27)18-4-3-5-19(12-18)26(28)29/h3-5,10-12,14,17H,6-9,13H2,1-2H3. The molecule has 0 unspecified atom stereocenters. The van der Waals surface area contributed by atoms with Crippen LogP contribution in [0.5, 0.6) is 0 Å². The summed E-state index contributed by atoms with van der Waals surface area (Å²) >= 11 is 0. The van der Waals surface area contributed by atoms with Gasteiger partial charge in [0.25, 0.3) is 11.6 Å². The SMILES string of the molecule is Cc1cc2ncn(CC3CCN(C(=O)c4cccc([N+](=O)[O-])c4)CC3)c2cc1C. The summed E-state index contributed by atoms with van der Waals surface area (Å²) < 4.78 is 2.21. The van der Waals surface area contributed by atoms with Crippen molar-refractivity contribution in [3.05, 3.63) is 69.5 Å². The fraction of sp³-hybridized carbons (Fsp3) is 0.364. The number of hydrogen-bond donors (Lipinski definition) is 0. The van der Waals surface area contributed by atoms with Crippen molar-refractivity contribution in [2.24, 2.45) is 5.92 Å². The quantitative estimate of drug-likeness (QED) is 0.494. The molecule has 1 aliphatic rings. The summed E-state index contributed by atoms with van der Waals surface area (Å²) in [5.74, 6) is 0.342. The number of nitro benzene ring substituents is 1. The van der Waals surface area contributed by atoms with Crippen LogP contribution in [0, 0.1) is 29.9 Å². The van der Waals surface area contributed by atoms with Gasteiger partial charge in [-0.2, -0.15) is 0 Å². The van der Waals surface area contributed by atoms with E-state index in [-0.39, 0.29) is 11.6 Å². The molecule has 0 bridgehead atoms. The van der Waals surface area contributed by atoms with E-state index >= 15 is 0 Å². The molecule has 1 amide bonds. The minimum atomic E-state index is -0.471. The average Bonchev–Trinajstić information content (AvgIpc) is 3.10. The average molecular weight is 392 g/mol. The van der Waals surface area contributed by atoms with Crippen molar-refractivity contribution >= 4 is 22.6 Å². The van der Waals surface area contributed by atoms with E-state index < -0.39 is 4.92 Å². The molecule has 2 aromatic carbocycles. The fourth-order valence-corrected chi connectivity index (χ4v) is 3.99. The lowest BCUT2D eigenvalue weighted by Crippen LogP contribution is -2.39. The van der Waals surface area contributed by atoms with E-state index in [0.717, 1.165) is 30.4 Å². The monoisotopic (exact) mass is 392 g/mol. The number of rotatable bonds is 4. The van der Waals surface area contributed by atoms with E-state index in [1.165, 1.54) is 23.3 Å². The molecule has 7 heteroatoms. The molecule has 1 fully saturated rings. The summed E-state index contributed by atoms with van der Waals surface area (Å²) in [5, 5.41) is 11.0. The van der Waals surface area contributed by atoms with Crippen molar-refractivity contribution in [3.63, 3.8) is 0 Å². The molecule has 0 saturated carbocycles. The number of aryl methyl sites for hydroxylation is 2. The molecule has 0 N–H and O–H groups in total. The number of nitrogens with zero attached hydrogens (tertiary/aromatic N) is 4. The predicted octanol–water partition coefficient (Wildman–Crippen LogP) is 4.11. The van der Waals surface area contributed by atoms with Crippen molar-refractivity contribution in [1.82, 2.24) is 14.5 Å². The van der Waals surface area contributed by atoms with Crippen LogP contribution >= 0.6 is 0 Å². The summed E-state index contributed by atoms with van der Waals surface area (Å²) in [6.07, 6.45) is 3.72. The molecular weight excluding hydrogens is 368 g/mol. The van der Waals surface area contributed by atoms with E-state index in [0.29, 0.717) is 24.6 Å². The van der Waals surface area contributed by atoms with Crippen LogP contribution in [0.4, 0.5) is 5.69 Å². The first-order valence-corrected chi connectivity index (χ1v) is 9.88. The summed E-state index contributed by atoms with van der Waals surface area (Å²) in [7, 11) is 0. The Bertz CT molecular complexity index is 1080. The molecule has 0 atom stereocenters. The van der Waals surface area contributed by atoms with Crippen LogP contribution in [0.15, 0.2) is 42.7 Å². The number of carbonyl (C=O) groups is 1. The maximum Gasteiger partial charge on any atom is 0.270 e. The first-order valence-electron chi connectivity index (χ1n) is 9.88. The van der Waals surface area contributed by atoms with Crippen LogP contribution in [0.25, 0.3) is 11.0 Å². The zero-order valence-electron chi connectivity index (χ0n) is 16.7. The van der Waals surface area contributed by atoms with Crippen molar-refractivity contribution in [2.75, 3.05) is 13.1 Å². The van der Waals surface area contributed by atoms with Gasteiger partial charge in [0.05, 0.1) is 22.3 Å². The molecule has 150 valence electrons. The number of likely N-dealkylation sites (tertiary alicyclic amines) is 1. The largest absolute Gasteiger partial charge is 0.339 e. The number of aromatic nitrogens is 2. The number of piperidine rings is 1. The van der Waals surface area contributed by atoms with Gasteiger partial charge in [-0.25, -0.2) is 4.98 Å². The van der Waals surface area contributed by atoms with Gasteiger partial charge < -0.3 is 9.47 Å². The molecule has 0 radical (unpaired) electrons. The number of carbonyl (C=O) groups excluding carboxylic acids is 1. The molecule has 1 aromatic heterocycles. The van der Waals surface area contributed by atoms with Crippen LogP contribution in [0.1, 0.15) is 34.3 Å². The molecule has 0 spiro atoms. The van der Waals surface area contributed by atoms with Crippen LogP contribution < -0.4 is 0 Å². The van der Waals surface area contributed by atoms with Gasteiger partial charge in [-0.1, -0.05) is 6.07 Å². The highest BCUT2D eigenvalue weighted by molar-refractivity contribution is 5.94. The molecule has 29 heavy (non-hydrogen) atoms. The van der Waals surface area contributed by atoms with E-state index in [1.54, 1.807) is 17.0 Å². The lowest BCUT2D eigenvalue weighted by Gasteiger charge is -2.32. The maximum atomic E-state index is 12.7. The number of fused-ring (bicyclic) bond motifs is 1. The zero-order valence-corrected chi connectivity index (χ0v) is 16.7. The van der Waals surface area contributed by atoms with Gasteiger partial charge in [0.1, 0.15) is 0 Å². The van der Waals surface area contributed by atoms with Gasteiger partial charge in [-0.05, 0) is 61.9 Å². The Hall–Kier alpha value is -3.22. The summed E-state index contributed by atoms with van der Waals surface area (Å²) in [6, 6.07) is 10.3. The fourth-order valence-electron chi connectivity index (χ4n) is 3.99. The smallest absolute Gasteiger partial charge is 0.270 e. The van der Waals surface area contributed by atoms with Crippen molar-refractivity contribution in [3.8, 4) is 0 Å². The lowest BCUT2D eigenvalue weighted by atomic mass is 9.96. The van der Waals surface area contributed by atoms with Crippen LogP contribution in [0.3, 0.4) is 0 Å². The van der Waals surface area contributed by atoms with E-state index in [4.69, 9.17) is 0 Å². The third-order valence-electron chi connectivity index (χ3n) is 5.90. The first kappa shape index (κ1) is 19.1. The van der Waals surface area contributed by atoms with E-state index in [2.05, 4.69) is 35.5 Å². The van der Waals surface area contributed by atoms with Crippen molar-refractivity contribution < 1.29 is 9.72 Å². The number of non-ortho nitro benzene ring substituents is 1. The minimum Gasteiger partial charge on any atom is -0.339 e. The molecule has 4 rings (SSSR count). The zero-order chi connectivity index (χ0) is 20.5. The molecule has 2 heterocycles. The van der Waals surface area contributed by atoms with Gasteiger partial charge in [0.2, 0.25) is 0 Å². The van der Waals surface area contributed by atoms with Gasteiger partial charge in [0, 0.05) is 37.3 Å². The maximum absolute atomic E-state index is 12.7. The van der Waals surface area contributed by atoms with Gasteiger partial charge in [0.15, 0.2) is 0 Å². The Morgan fingerprint density at radius 3 is 2.62 bits per heavy atom. The molecule has 3 aromatic rings. The van der Waals surface area contributed by atoms with E-state index in [1.807, 2.05) is 6.33 Å². The molecule has 1 aliphatic heterocycles. The third kappa shape index (κ3) is 3.85. The minimum absolute atomic E-state index is 0.0525. The summed E-state index contributed by atoms with van der Waals surface area (Å²) in [5.41, 5.74) is 5.01. The van der Waals surface area contributed by atoms with Gasteiger partial charge in [-0.3, -0.25) is 14.9 Å².